The Morgan fingerprint density at radius 1 is 1.06 bits per heavy atom. The molecule has 1 atom stereocenters. The molecule has 0 fully saturated rings. The first-order valence-electron chi connectivity index (χ1n) is 10.7. The van der Waals surface area contributed by atoms with Crippen LogP contribution in [0.5, 0.6) is 0 Å². The minimum absolute atomic E-state index is 0.0127. The fourth-order valence-corrected chi connectivity index (χ4v) is 5.18. The molecule has 0 radical (unpaired) electrons. The molecule has 5 heteroatoms. The maximum Gasteiger partial charge on any atom is 0.254 e. The molecule has 1 aromatic heterocycles. The predicted molar refractivity (Wildman–Crippen MR) is 125 cm³/mol. The van der Waals surface area contributed by atoms with Crippen LogP contribution in [0.1, 0.15) is 51.8 Å². The van der Waals surface area contributed by atoms with Crippen molar-refractivity contribution in [1.82, 2.24) is 9.80 Å². The largest absolute Gasteiger partial charge is 0.330 e. The van der Waals surface area contributed by atoms with Crippen LogP contribution < -0.4 is 0 Å². The highest BCUT2D eigenvalue weighted by molar-refractivity contribution is 7.10. The number of benzene rings is 2. The zero-order valence-corrected chi connectivity index (χ0v) is 19.1. The fourth-order valence-electron chi connectivity index (χ4n) is 4.27. The van der Waals surface area contributed by atoms with Crippen LogP contribution in [0.4, 0.5) is 0 Å². The Bertz CT molecular complexity index is 1070. The lowest BCUT2D eigenvalue weighted by atomic mass is 9.93. The van der Waals surface area contributed by atoms with Gasteiger partial charge < -0.3 is 9.80 Å². The molecule has 31 heavy (non-hydrogen) atoms. The van der Waals surface area contributed by atoms with Crippen molar-refractivity contribution in [3.05, 3.63) is 93.2 Å². The predicted octanol–water partition coefficient (Wildman–Crippen LogP) is 5.08. The lowest BCUT2D eigenvalue weighted by molar-refractivity contribution is -0.134. The normalized spacial score (nSPS) is 15.6. The second-order valence-electron chi connectivity index (χ2n) is 8.29. The maximum absolute atomic E-state index is 13.6. The fraction of sp³-hybridized carbons (Fsp3) is 0.308. The quantitative estimate of drug-likeness (QED) is 0.564. The Morgan fingerprint density at radius 2 is 1.77 bits per heavy atom. The van der Waals surface area contributed by atoms with E-state index in [0.717, 1.165) is 17.5 Å². The summed E-state index contributed by atoms with van der Waals surface area (Å²) in [6.45, 7) is 6.60. The monoisotopic (exact) mass is 432 g/mol. The maximum atomic E-state index is 13.6. The number of aryl methyl sites for hydroxylation is 1. The van der Waals surface area contributed by atoms with Crippen LogP contribution in [0.15, 0.2) is 66.0 Å². The van der Waals surface area contributed by atoms with Crippen molar-refractivity contribution in [3.63, 3.8) is 0 Å². The molecular formula is C26H28N2O2S. The van der Waals surface area contributed by atoms with E-state index >= 15 is 0 Å². The van der Waals surface area contributed by atoms with E-state index in [9.17, 15) is 9.59 Å². The van der Waals surface area contributed by atoms with Crippen LogP contribution in [0.3, 0.4) is 0 Å². The lowest BCUT2D eigenvalue weighted by Crippen LogP contribution is -2.48. The third kappa shape index (κ3) is 4.28. The molecule has 1 aliphatic rings. The third-order valence-electron chi connectivity index (χ3n) is 5.97. The van der Waals surface area contributed by atoms with Crippen molar-refractivity contribution in [3.8, 4) is 0 Å². The van der Waals surface area contributed by atoms with Gasteiger partial charge >= 0.3 is 0 Å². The molecule has 0 bridgehead atoms. The lowest BCUT2D eigenvalue weighted by Gasteiger charge is -2.38. The number of rotatable bonds is 5. The Balaban J connectivity index is 1.63. The number of fused-ring (bicyclic) bond motifs is 1. The third-order valence-corrected chi connectivity index (χ3v) is 6.96. The second kappa shape index (κ2) is 9.06. The summed E-state index contributed by atoms with van der Waals surface area (Å²) >= 11 is 1.76. The van der Waals surface area contributed by atoms with Crippen molar-refractivity contribution in [1.29, 1.82) is 0 Å². The van der Waals surface area contributed by atoms with Crippen molar-refractivity contribution in [2.24, 2.45) is 0 Å². The molecule has 160 valence electrons. The van der Waals surface area contributed by atoms with Gasteiger partial charge in [-0.25, -0.2) is 0 Å². The van der Waals surface area contributed by atoms with Gasteiger partial charge in [-0.2, -0.15) is 0 Å². The van der Waals surface area contributed by atoms with Gasteiger partial charge in [0.25, 0.3) is 5.91 Å². The number of nitrogens with zero attached hydrogens (tertiary/aromatic N) is 2. The van der Waals surface area contributed by atoms with Crippen molar-refractivity contribution in [2.75, 3.05) is 13.1 Å². The van der Waals surface area contributed by atoms with E-state index in [4.69, 9.17) is 0 Å². The zero-order chi connectivity index (χ0) is 22.0. The number of carbonyl (C=O) groups is 2. The minimum atomic E-state index is -0.105. The van der Waals surface area contributed by atoms with Gasteiger partial charge in [0.1, 0.15) is 6.54 Å². The number of amides is 2. The van der Waals surface area contributed by atoms with E-state index in [1.807, 2.05) is 68.1 Å². The van der Waals surface area contributed by atoms with E-state index in [-0.39, 0.29) is 30.4 Å². The number of hydrogen-bond acceptors (Lipinski definition) is 3. The average molecular weight is 433 g/mol. The molecule has 0 N–H and O–H groups in total. The van der Waals surface area contributed by atoms with Crippen molar-refractivity contribution < 1.29 is 9.59 Å². The van der Waals surface area contributed by atoms with Crippen molar-refractivity contribution in [2.45, 2.75) is 39.3 Å². The molecule has 2 amide bonds. The summed E-state index contributed by atoms with van der Waals surface area (Å²) < 4.78 is 0. The molecule has 4 nitrogen and oxygen atoms in total. The highest BCUT2D eigenvalue weighted by Gasteiger charge is 2.34. The van der Waals surface area contributed by atoms with Gasteiger partial charge in [-0.1, -0.05) is 48.5 Å². The molecule has 0 saturated carbocycles. The molecule has 3 aromatic rings. The van der Waals surface area contributed by atoms with E-state index in [0.29, 0.717) is 12.1 Å². The summed E-state index contributed by atoms with van der Waals surface area (Å²) in [6.07, 6.45) is 0.857. The Labute approximate surface area is 188 Å². The first kappa shape index (κ1) is 21.3. The summed E-state index contributed by atoms with van der Waals surface area (Å²) in [5.74, 6) is -0.104. The SMILES string of the molecule is Cc1ccccc1C(=O)N(CC(=O)N1CCc2sccc2C1c1ccccc1)C(C)C. The van der Waals surface area contributed by atoms with Gasteiger partial charge in [0.15, 0.2) is 0 Å². The van der Waals surface area contributed by atoms with Crippen LogP contribution in [0, 0.1) is 6.92 Å². The Kier molecular flexibility index (Phi) is 6.23. The van der Waals surface area contributed by atoms with Crippen LogP contribution in [-0.4, -0.2) is 40.7 Å². The molecule has 0 spiro atoms. The highest BCUT2D eigenvalue weighted by Crippen LogP contribution is 2.37. The Morgan fingerprint density at radius 3 is 2.48 bits per heavy atom. The summed E-state index contributed by atoms with van der Waals surface area (Å²) in [5, 5.41) is 2.11. The molecule has 2 heterocycles. The molecular weight excluding hydrogens is 404 g/mol. The number of thiophene rings is 1. The minimum Gasteiger partial charge on any atom is -0.330 e. The highest BCUT2D eigenvalue weighted by atomic mass is 32.1. The molecule has 0 saturated heterocycles. The summed E-state index contributed by atoms with van der Waals surface area (Å²) in [7, 11) is 0. The van der Waals surface area contributed by atoms with Gasteiger partial charge in [0.2, 0.25) is 5.91 Å². The van der Waals surface area contributed by atoms with Gasteiger partial charge in [0.05, 0.1) is 6.04 Å². The standard InChI is InChI=1S/C26H28N2O2S/c1-18(2)28(26(30)21-12-8-7-9-19(21)3)17-24(29)27-15-13-23-22(14-16-31-23)25(27)20-10-5-4-6-11-20/h4-12,14,16,18,25H,13,15,17H2,1-3H3. The summed E-state index contributed by atoms with van der Waals surface area (Å²) in [4.78, 5) is 31.9. The zero-order valence-electron chi connectivity index (χ0n) is 18.2. The van der Waals surface area contributed by atoms with E-state index in [2.05, 4.69) is 23.6 Å². The van der Waals surface area contributed by atoms with Crippen LogP contribution in [-0.2, 0) is 11.2 Å². The molecule has 4 rings (SSSR count). The topological polar surface area (TPSA) is 40.6 Å². The van der Waals surface area contributed by atoms with E-state index < -0.39 is 0 Å². The van der Waals surface area contributed by atoms with Crippen LogP contribution in [0.2, 0.25) is 0 Å². The molecule has 1 unspecified atom stereocenters. The molecule has 2 aromatic carbocycles. The summed E-state index contributed by atoms with van der Waals surface area (Å²) in [6, 6.07) is 19.7. The molecule has 0 aliphatic carbocycles. The van der Waals surface area contributed by atoms with Crippen LogP contribution in [0.25, 0.3) is 0 Å². The van der Waals surface area contributed by atoms with Crippen LogP contribution >= 0.6 is 11.3 Å². The number of hydrogen-bond donors (Lipinski definition) is 0. The van der Waals surface area contributed by atoms with Gasteiger partial charge in [-0.05, 0) is 61.4 Å². The van der Waals surface area contributed by atoms with Gasteiger partial charge in [0, 0.05) is 23.0 Å². The van der Waals surface area contributed by atoms with Crippen molar-refractivity contribution >= 4 is 23.2 Å². The summed E-state index contributed by atoms with van der Waals surface area (Å²) in [5.41, 5.74) is 3.89. The second-order valence-corrected chi connectivity index (χ2v) is 9.29. The smallest absolute Gasteiger partial charge is 0.254 e. The number of carbonyl (C=O) groups excluding carboxylic acids is 2. The average Bonchev–Trinajstić information content (AvgIpc) is 3.26. The molecule has 1 aliphatic heterocycles. The van der Waals surface area contributed by atoms with E-state index in [1.165, 1.54) is 10.4 Å². The first-order chi connectivity index (χ1) is 15.0. The van der Waals surface area contributed by atoms with E-state index in [1.54, 1.807) is 16.2 Å². The van der Waals surface area contributed by atoms with Gasteiger partial charge in [-0.3, -0.25) is 9.59 Å². The van der Waals surface area contributed by atoms with Gasteiger partial charge in [-0.15, -0.1) is 11.3 Å². The Hall–Kier alpha value is -2.92. The first-order valence-corrected chi connectivity index (χ1v) is 11.6.